The molecule has 1 atom stereocenters. The topological polar surface area (TPSA) is 115 Å². The Morgan fingerprint density at radius 2 is 1.92 bits per heavy atom. The molecule has 0 heterocycles. The molecule has 0 aromatic heterocycles. The lowest BCUT2D eigenvalue weighted by atomic mass is 10.1. The van der Waals surface area contributed by atoms with Crippen LogP contribution in [0.1, 0.15) is 13.3 Å². The van der Waals surface area contributed by atoms with Crippen LogP contribution in [0.25, 0.3) is 0 Å². The average molecular weight is 187 g/mol. The molecule has 0 aliphatic heterocycles. The highest BCUT2D eigenvalue weighted by Crippen LogP contribution is 1.91. The highest BCUT2D eigenvalue weighted by Gasteiger charge is 2.18. The van der Waals surface area contributed by atoms with Gasteiger partial charge in [0.15, 0.2) is 0 Å². The van der Waals surface area contributed by atoms with Gasteiger partial charge in [-0.3, -0.25) is 14.4 Å². The van der Waals surface area contributed by atoms with E-state index in [2.05, 4.69) is 5.32 Å². The second-order valence-electron chi connectivity index (χ2n) is 2.63. The van der Waals surface area contributed by atoms with Crippen LogP contribution in [-0.4, -0.2) is 30.2 Å². The average Bonchev–Trinajstić information content (AvgIpc) is 2.02. The largest absolute Gasteiger partial charge is 0.368 e. The molecular weight excluding hydrogens is 174 g/mol. The molecule has 0 radical (unpaired) electrons. The number of primary amides is 1. The number of ketones is 1. The molecule has 6 nitrogen and oxygen atoms in total. The predicted molar refractivity (Wildman–Crippen MR) is 45.5 cm³/mol. The Morgan fingerprint density at radius 1 is 1.38 bits per heavy atom. The van der Waals surface area contributed by atoms with Crippen LogP contribution in [0.15, 0.2) is 0 Å². The zero-order chi connectivity index (χ0) is 10.4. The van der Waals surface area contributed by atoms with Crippen LogP contribution < -0.4 is 16.8 Å². The molecule has 74 valence electrons. The van der Waals surface area contributed by atoms with E-state index in [1.165, 1.54) is 6.92 Å². The molecule has 0 aliphatic rings. The monoisotopic (exact) mass is 187 g/mol. The van der Waals surface area contributed by atoms with E-state index in [0.29, 0.717) is 0 Å². The van der Waals surface area contributed by atoms with E-state index in [-0.39, 0.29) is 18.7 Å². The summed E-state index contributed by atoms with van der Waals surface area (Å²) in [7, 11) is 0. The van der Waals surface area contributed by atoms with Crippen molar-refractivity contribution < 1.29 is 14.4 Å². The third kappa shape index (κ3) is 4.91. The minimum absolute atomic E-state index is 0.0962. The van der Waals surface area contributed by atoms with E-state index < -0.39 is 17.9 Å². The smallest absolute Gasteiger partial charge is 0.240 e. The van der Waals surface area contributed by atoms with Gasteiger partial charge < -0.3 is 16.8 Å². The summed E-state index contributed by atoms with van der Waals surface area (Å²) in [6.45, 7) is 1.08. The van der Waals surface area contributed by atoms with Gasteiger partial charge in [-0.25, -0.2) is 0 Å². The zero-order valence-electron chi connectivity index (χ0n) is 7.37. The number of carbonyl (C=O) groups excluding carboxylic acids is 3. The lowest BCUT2D eigenvalue weighted by Gasteiger charge is -2.12. The van der Waals surface area contributed by atoms with Gasteiger partial charge in [-0.1, -0.05) is 0 Å². The molecule has 0 fully saturated rings. The third-order valence-electron chi connectivity index (χ3n) is 1.36. The first-order valence-corrected chi connectivity index (χ1v) is 3.75. The molecule has 5 N–H and O–H groups in total. The van der Waals surface area contributed by atoms with Gasteiger partial charge in [0.25, 0.3) is 0 Å². The summed E-state index contributed by atoms with van der Waals surface area (Å²) >= 11 is 0. The Kier molecular flexibility index (Phi) is 4.68. The maximum atomic E-state index is 10.8. The number of Topliss-reactive ketones (excluding diaryl/α,β-unsaturated/α-hetero) is 1. The molecule has 0 spiro atoms. The molecule has 0 saturated heterocycles. The lowest BCUT2D eigenvalue weighted by molar-refractivity contribution is -0.128. The van der Waals surface area contributed by atoms with Crippen LogP contribution in [0.3, 0.4) is 0 Å². The summed E-state index contributed by atoms with van der Waals surface area (Å²) in [6, 6.07) is -0.950. The van der Waals surface area contributed by atoms with Crippen LogP contribution in [0.5, 0.6) is 0 Å². The first-order chi connectivity index (χ1) is 5.97. The molecular formula is C7H13N3O3. The van der Waals surface area contributed by atoms with Crippen LogP contribution in [-0.2, 0) is 14.4 Å². The van der Waals surface area contributed by atoms with Gasteiger partial charge in [-0.2, -0.15) is 0 Å². The van der Waals surface area contributed by atoms with Crippen molar-refractivity contribution in [3.8, 4) is 0 Å². The Bertz CT molecular complexity index is 227. The summed E-state index contributed by atoms with van der Waals surface area (Å²) in [5.41, 5.74) is 9.94. The summed E-state index contributed by atoms with van der Waals surface area (Å²) in [6.07, 6.45) is -0.0962. The first kappa shape index (κ1) is 11.6. The van der Waals surface area contributed by atoms with Gasteiger partial charge in [0.2, 0.25) is 11.8 Å². The molecule has 2 amide bonds. The van der Waals surface area contributed by atoms with Crippen molar-refractivity contribution in [2.24, 2.45) is 11.5 Å². The van der Waals surface area contributed by atoms with Crippen molar-refractivity contribution in [2.45, 2.75) is 19.4 Å². The van der Waals surface area contributed by atoms with Gasteiger partial charge in [0, 0.05) is 6.42 Å². The highest BCUT2D eigenvalue weighted by molar-refractivity contribution is 5.91. The van der Waals surface area contributed by atoms with E-state index in [1.807, 2.05) is 0 Å². The summed E-state index contributed by atoms with van der Waals surface area (Å²) < 4.78 is 0. The number of carbonyl (C=O) groups is 3. The van der Waals surface area contributed by atoms with Crippen molar-refractivity contribution in [2.75, 3.05) is 6.54 Å². The molecule has 0 bridgehead atoms. The molecule has 0 unspecified atom stereocenters. The standard InChI is InChI=1S/C7H13N3O3/c1-4(11)2-5(7(9)13)10-6(12)3-8/h5H,2-3,8H2,1H3,(H2,9,13)(H,10,12)/t5-/m0/s1. The van der Waals surface area contributed by atoms with E-state index in [1.54, 1.807) is 0 Å². The Labute approximate surface area is 75.6 Å². The van der Waals surface area contributed by atoms with Gasteiger partial charge in [-0.15, -0.1) is 0 Å². The fraction of sp³-hybridized carbons (Fsp3) is 0.571. The minimum Gasteiger partial charge on any atom is -0.368 e. The molecule has 0 aromatic carbocycles. The zero-order valence-corrected chi connectivity index (χ0v) is 7.37. The normalized spacial score (nSPS) is 11.8. The van der Waals surface area contributed by atoms with Crippen LogP contribution >= 0.6 is 0 Å². The van der Waals surface area contributed by atoms with E-state index in [9.17, 15) is 14.4 Å². The Morgan fingerprint density at radius 3 is 2.23 bits per heavy atom. The molecule has 0 aliphatic carbocycles. The summed E-state index contributed by atoms with van der Waals surface area (Å²) in [5.74, 6) is -1.47. The first-order valence-electron chi connectivity index (χ1n) is 3.75. The number of hydrogen-bond donors (Lipinski definition) is 3. The van der Waals surface area contributed by atoms with Crippen molar-refractivity contribution in [1.29, 1.82) is 0 Å². The van der Waals surface area contributed by atoms with Gasteiger partial charge in [-0.05, 0) is 6.92 Å². The number of nitrogens with two attached hydrogens (primary N) is 2. The number of nitrogens with one attached hydrogen (secondary N) is 1. The van der Waals surface area contributed by atoms with Crippen LogP contribution in [0.4, 0.5) is 0 Å². The summed E-state index contributed by atoms with van der Waals surface area (Å²) in [4.78, 5) is 32.1. The van der Waals surface area contributed by atoms with E-state index in [0.717, 1.165) is 0 Å². The minimum atomic E-state index is -0.950. The number of amides is 2. The van der Waals surface area contributed by atoms with Crippen LogP contribution in [0, 0.1) is 0 Å². The van der Waals surface area contributed by atoms with Crippen molar-refractivity contribution in [3.05, 3.63) is 0 Å². The number of hydrogen-bond acceptors (Lipinski definition) is 4. The SMILES string of the molecule is CC(=O)C[C@H](NC(=O)CN)C(N)=O. The lowest BCUT2D eigenvalue weighted by Crippen LogP contribution is -2.47. The quantitative estimate of drug-likeness (QED) is 0.457. The molecule has 13 heavy (non-hydrogen) atoms. The highest BCUT2D eigenvalue weighted by atomic mass is 16.2. The van der Waals surface area contributed by atoms with Crippen molar-refractivity contribution in [1.82, 2.24) is 5.32 Å². The van der Waals surface area contributed by atoms with Gasteiger partial charge in [0.05, 0.1) is 6.54 Å². The maximum Gasteiger partial charge on any atom is 0.240 e. The van der Waals surface area contributed by atoms with Crippen molar-refractivity contribution >= 4 is 17.6 Å². The van der Waals surface area contributed by atoms with Crippen LogP contribution in [0.2, 0.25) is 0 Å². The van der Waals surface area contributed by atoms with E-state index in [4.69, 9.17) is 11.5 Å². The van der Waals surface area contributed by atoms with Crippen molar-refractivity contribution in [3.63, 3.8) is 0 Å². The fourth-order valence-electron chi connectivity index (χ4n) is 0.763. The van der Waals surface area contributed by atoms with E-state index >= 15 is 0 Å². The predicted octanol–water partition coefficient (Wildman–Crippen LogP) is -2.11. The second-order valence-corrected chi connectivity index (χ2v) is 2.63. The fourth-order valence-corrected chi connectivity index (χ4v) is 0.763. The van der Waals surface area contributed by atoms with Gasteiger partial charge in [0.1, 0.15) is 11.8 Å². The van der Waals surface area contributed by atoms with Gasteiger partial charge >= 0.3 is 0 Å². The maximum absolute atomic E-state index is 10.8. The number of rotatable bonds is 5. The molecule has 0 rings (SSSR count). The third-order valence-corrected chi connectivity index (χ3v) is 1.36. The second kappa shape index (κ2) is 5.26. The Hall–Kier alpha value is -1.43. The summed E-state index contributed by atoms with van der Waals surface area (Å²) in [5, 5.41) is 2.24. The molecule has 0 saturated carbocycles. The molecule has 6 heteroatoms. The Balaban J connectivity index is 4.18. The molecule has 0 aromatic rings.